The fraction of sp³-hybridized carbons (Fsp3) is 0.324. The van der Waals surface area contributed by atoms with Gasteiger partial charge in [-0.2, -0.15) is 4.98 Å². The van der Waals surface area contributed by atoms with Crippen LogP contribution in [0.4, 0.5) is 23.1 Å². The fourth-order valence-electron chi connectivity index (χ4n) is 5.66. The van der Waals surface area contributed by atoms with E-state index in [9.17, 15) is 14.4 Å². The Morgan fingerprint density at radius 3 is 2.42 bits per heavy atom. The molecule has 3 aromatic carbocycles. The van der Waals surface area contributed by atoms with Gasteiger partial charge in [-0.25, -0.2) is 4.98 Å². The maximum absolute atomic E-state index is 13.7. The van der Waals surface area contributed by atoms with E-state index in [0.717, 1.165) is 23.8 Å². The van der Waals surface area contributed by atoms with Crippen molar-refractivity contribution in [2.75, 3.05) is 48.9 Å². The molecule has 0 atom stereocenters. The number of rotatable bonds is 11. The van der Waals surface area contributed by atoms with Crippen LogP contribution in [0, 0.1) is 0 Å². The second kappa shape index (κ2) is 13.3. The van der Waals surface area contributed by atoms with Crippen molar-refractivity contribution in [3.63, 3.8) is 0 Å². The molecule has 2 amide bonds. The summed E-state index contributed by atoms with van der Waals surface area (Å²) in [6.07, 6.45) is 3.44. The van der Waals surface area contributed by atoms with E-state index in [1.807, 2.05) is 32.0 Å². The van der Waals surface area contributed by atoms with E-state index >= 15 is 0 Å². The van der Waals surface area contributed by atoms with Gasteiger partial charge in [-0.1, -0.05) is 51.5 Å². The number of nitrogens with one attached hydrogen (secondary N) is 2. The number of aromatic nitrogens is 2. The first-order valence-corrected chi connectivity index (χ1v) is 15.0. The zero-order chi connectivity index (χ0) is 32.1. The number of amides is 2. The minimum atomic E-state index is -0.869. The molecule has 45 heavy (non-hydrogen) atoms. The number of nitrogens with two attached hydrogens (primary N) is 1. The predicted octanol–water partition coefficient (Wildman–Crippen LogP) is 5.22. The Morgan fingerprint density at radius 1 is 1.00 bits per heavy atom. The lowest BCUT2D eigenvalue weighted by Crippen LogP contribution is -2.37. The lowest BCUT2D eigenvalue weighted by Gasteiger charge is -2.27. The first-order valence-electron chi connectivity index (χ1n) is 15.0. The van der Waals surface area contributed by atoms with Gasteiger partial charge in [0.25, 0.3) is 17.6 Å². The van der Waals surface area contributed by atoms with Crippen molar-refractivity contribution < 1.29 is 23.9 Å². The molecule has 11 nitrogen and oxygen atoms in total. The minimum Gasteiger partial charge on any atom is -0.494 e. The van der Waals surface area contributed by atoms with Gasteiger partial charge in [0.15, 0.2) is 5.75 Å². The van der Waals surface area contributed by atoms with Crippen molar-refractivity contribution in [2.24, 2.45) is 5.73 Å². The van der Waals surface area contributed by atoms with Crippen molar-refractivity contribution >= 4 is 51.5 Å². The number of methoxy groups -OCH3 is 1. The predicted molar refractivity (Wildman–Crippen MR) is 175 cm³/mol. The van der Waals surface area contributed by atoms with E-state index in [0.29, 0.717) is 49.1 Å². The molecule has 1 saturated heterocycles. The Morgan fingerprint density at radius 2 is 1.73 bits per heavy atom. The van der Waals surface area contributed by atoms with Crippen LogP contribution < -0.4 is 26.0 Å². The number of ether oxygens (including phenoxy) is 2. The third kappa shape index (κ3) is 6.73. The normalized spacial score (nSPS) is 13.4. The standard InChI is InChI=1S/C34H38N6O5/c1-5-13-34(2,3)21-19-25(31(35)42)30(44-4)27(20-21)38-32(43)29(41)24-10-11-26(23-9-7-6-8-22(23)24)37-28-12-14-36-33(39-28)40-15-17-45-18-16-40/h6-12,14,19-20H,5,13,15-18H2,1-4H3,(H2,35,42)(H,38,43)(H,36,37,39). The van der Waals surface area contributed by atoms with Gasteiger partial charge in [-0.3, -0.25) is 14.4 Å². The number of primary amides is 1. The van der Waals surface area contributed by atoms with E-state index in [1.54, 1.807) is 42.6 Å². The van der Waals surface area contributed by atoms with E-state index in [-0.39, 0.29) is 28.0 Å². The number of carbonyl (C=O) groups excluding carboxylic acids is 3. The van der Waals surface area contributed by atoms with Crippen LogP contribution >= 0.6 is 0 Å². The molecule has 0 bridgehead atoms. The Labute approximate surface area is 262 Å². The number of carbonyl (C=O) groups is 3. The Balaban J connectivity index is 1.45. The summed E-state index contributed by atoms with van der Waals surface area (Å²) in [6, 6.07) is 15.9. The van der Waals surface area contributed by atoms with Crippen LogP contribution in [0.1, 0.15) is 59.9 Å². The zero-order valence-electron chi connectivity index (χ0n) is 26.0. The Bertz CT molecular complexity index is 1750. The molecule has 0 saturated carbocycles. The van der Waals surface area contributed by atoms with Crippen molar-refractivity contribution in [1.82, 2.24) is 9.97 Å². The molecule has 1 fully saturated rings. The van der Waals surface area contributed by atoms with Gasteiger partial charge in [-0.05, 0) is 53.1 Å². The monoisotopic (exact) mass is 610 g/mol. The maximum Gasteiger partial charge on any atom is 0.296 e. The zero-order valence-corrected chi connectivity index (χ0v) is 26.0. The SMILES string of the molecule is CCCC(C)(C)c1cc(NC(=O)C(=O)c2ccc(Nc3ccnc(N4CCOCC4)n3)c3ccccc23)c(OC)c(C(N)=O)c1. The van der Waals surface area contributed by atoms with E-state index in [2.05, 4.69) is 32.4 Å². The molecule has 5 rings (SSSR count). The van der Waals surface area contributed by atoms with Gasteiger partial charge in [0.1, 0.15) is 5.82 Å². The average molecular weight is 611 g/mol. The molecule has 0 aliphatic carbocycles. The highest BCUT2D eigenvalue weighted by Gasteiger charge is 2.27. The number of nitrogens with zero attached hydrogens (tertiary/aromatic N) is 3. The average Bonchev–Trinajstić information content (AvgIpc) is 3.04. The molecular formula is C34H38N6O5. The number of hydrogen-bond donors (Lipinski definition) is 3. The lowest BCUT2D eigenvalue weighted by atomic mass is 9.79. The molecule has 2 heterocycles. The molecule has 4 N–H and O–H groups in total. The van der Waals surface area contributed by atoms with Crippen molar-refractivity contribution in [1.29, 1.82) is 0 Å². The van der Waals surface area contributed by atoms with Crippen LogP contribution in [0.15, 0.2) is 60.8 Å². The Kier molecular flexibility index (Phi) is 9.29. The van der Waals surface area contributed by atoms with Gasteiger partial charge in [0.05, 0.1) is 31.6 Å². The van der Waals surface area contributed by atoms with E-state index in [1.165, 1.54) is 7.11 Å². The first-order chi connectivity index (χ1) is 21.6. The van der Waals surface area contributed by atoms with Crippen LogP contribution in [0.2, 0.25) is 0 Å². The van der Waals surface area contributed by atoms with Crippen molar-refractivity contribution in [3.05, 3.63) is 77.5 Å². The second-order valence-corrected chi connectivity index (χ2v) is 11.6. The molecule has 4 aromatic rings. The van der Waals surface area contributed by atoms with E-state index < -0.39 is 17.6 Å². The number of Topliss-reactive ketones (excluding diaryl/α,β-unsaturated/α-hetero) is 1. The first kappa shape index (κ1) is 31.4. The number of benzene rings is 3. The summed E-state index contributed by atoms with van der Waals surface area (Å²) in [5, 5.41) is 7.37. The van der Waals surface area contributed by atoms with Crippen LogP contribution in [0.25, 0.3) is 10.8 Å². The number of hydrogen-bond acceptors (Lipinski definition) is 9. The van der Waals surface area contributed by atoms with Crippen molar-refractivity contribution in [3.8, 4) is 5.75 Å². The number of fused-ring (bicyclic) bond motifs is 1. The highest BCUT2D eigenvalue weighted by Crippen LogP contribution is 2.38. The lowest BCUT2D eigenvalue weighted by molar-refractivity contribution is -0.112. The van der Waals surface area contributed by atoms with E-state index in [4.69, 9.17) is 15.2 Å². The molecule has 1 aromatic heterocycles. The summed E-state index contributed by atoms with van der Waals surface area (Å²) in [5.41, 5.74) is 7.43. The molecule has 11 heteroatoms. The van der Waals surface area contributed by atoms with Crippen LogP contribution in [-0.2, 0) is 14.9 Å². The molecule has 1 aliphatic heterocycles. The topological polar surface area (TPSA) is 149 Å². The summed E-state index contributed by atoms with van der Waals surface area (Å²) in [5.74, 6) is -1.01. The summed E-state index contributed by atoms with van der Waals surface area (Å²) in [6.45, 7) is 8.83. The molecule has 234 valence electrons. The quantitative estimate of drug-likeness (QED) is 0.154. The molecule has 1 aliphatic rings. The van der Waals surface area contributed by atoms with Crippen LogP contribution in [-0.4, -0.2) is 61.0 Å². The number of ketones is 1. The highest BCUT2D eigenvalue weighted by molar-refractivity contribution is 6.48. The fourth-order valence-corrected chi connectivity index (χ4v) is 5.66. The largest absolute Gasteiger partial charge is 0.494 e. The molecular weight excluding hydrogens is 572 g/mol. The molecule has 0 radical (unpaired) electrons. The summed E-state index contributed by atoms with van der Waals surface area (Å²) in [7, 11) is 1.39. The maximum atomic E-state index is 13.7. The van der Waals surface area contributed by atoms with Gasteiger partial charge in [-0.15, -0.1) is 0 Å². The second-order valence-electron chi connectivity index (χ2n) is 11.6. The third-order valence-corrected chi connectivity index (χ3v) is 8.04. The summed E-state index contributed by atoms with van der Waals surface area (Å²) in [4.78, 5) is 50.6. The van der Waals surface area contributed by atoms with Gasteiger partial charge in [0, 0.05) is 35.9 Å². The summed E-state index contributed by atoms with van der Waals surface area (Å²) >= 11 is 0. The third-order valence-electron chi connectivity index (χ3n) is 8.04. The van der Waals surface area contributed by atoms with Gasteiger partial charge >= 0.3 is 0 Å². The highest BCUT2D eigenvalue weighted by atomic mass is 16.5. The molecule has 0 spiro atoms. The van der Waals surface area contributed by atoms with Crippen molar-refractivity contribution in [2.45, 2.75) is 39.0 Å². The number of morpholine rings is 1. The van der Waals surface area contributed by atoms with Crippen LogP contribution in [0.5, 0.6) is 5.75 Å². The minimum absolute atomic E-state index is 0.102. The number of anilines is 4. The van der Waals surface area contributed by atoms with Gasteiger partial charge in [0.2, 0.25) is 5.95 Å². The summed E-state index contributed by atoms with van der Waals surface area (Å²) < 4.78 is 10.9. The van der Waals surface area contributed by atoms with Crippen LogP contribution in [0.3, 0.4) is 0 Å². The van der Waals surface area contributed by atoms with Gasteiger partial charge < -0.3 is 30.7 Å². The Hall–Kier alpha value is -5.03. The molecule has 0 unspecified atom stereocenters. The smallest absolute Gasteiger partial charge is 0.296 e.